The number of anilines is 1. The minimum atomic E-state index is 0.421. The van der Waals surface area contributed by atoms with Crippen molar-refractivity contribution in [2.45, 2.75) is 47.1 Å². The molecule has 0 aliphatic rings. The Morgan fingerprint density at radius 2 is 1.82 bits per heavy atom. The first kappa shape index (κ1) is 14.2. The lowest BCUT2D eigenvalue weighted by atomic mass is 10.1. The van der Waals surface area contributed by atoms with Crippen LogP contribution in [0.15, 0.2) is 0 Å². The highest BCUT2D eigenvalue weighted by Crippen LogP contribution is 2.25. The van der Waals surface area contributed by atoms with Gasteiger partial charge in [0.05, 0.1) is 0 Å². The van der Waals surface area contributed by atoms with Crippen molar-refractivity contribution >= 4 is 17.4 Å². The van der Waals surface area contributed by atoms with Gasteiger partial charge in [-0.15, -0.1) is 0 Å². The minimum Gasteiger partial charge on any atom is -0.356 e. The lowest BCUT2D eigenvalue weighted by molar-refractivity contribution is 0.501. The summed E-state index contributed by atoms with van der Waals surface area (Å²) in [6.45, 7) is 10.6. The molecule has 0 bridgehead atoms. The molecule has 17 heavy (non-hydrogen) atoms. The molecule has 96 valence electrons. The van der Waals surface area contributed by atoms with Crippen LogP contribution in [-0.4, -0.2) is 23.1 Å². The molecule has 0 aromatic carbocycles. The number of hydrogen-bond acceptors (Lipinski definition) is 3. The largest absolute Gasteiger partial charge is 0.356 e. The van der Waals surface area contributed by atoms with Gasteiger partial charge in [-0.1, -0.05) is 32.4 Å². The summed E-state index contributed by atoms with van der Waals surface area (Å²) in [4.78, 5) is 11.0. The van der Waals surface area contributed by atoms with Gasteiger partial charge in [-0.3, -0.25) is 0 Å². The normalized spacial score (nSPS) is 12.9. The third-order valence-electron chi connectivity index (χ3n) is 3.33. The smallest absolute Gasteiger partial charge is 0.137 e. The Kier molecular flexibility index (Phi) is 4.75. The molecule has 0 aliphatic carbocycles. The Hall–Kier alpha value is -0.830. The number of nitrogens with zero attached hydrogens (tertiary/aromatic N) is 3. The fourth-order valence-electron chi connectivity index (χ4n) is 1.66. The van der Waals surface area contributed by atoms with Gasteiger partial charge in [-0.05, 0) is 19.8 Å². The zero-order valence-electron chi connectivity index (χ0n) is 11.6. The van der Waals surface area contributed by atoms with Crippen LogP contribution in [0, 0.1) is 12.8 Å². The van der Waals surface area contributed by atoms with Crippen LogP contribution in [0.2, 0.25) is 5.15 Å². The fraction of sp³-hybridized carbons (Fsp3) is 0.692. The molecule has 1 atom stereocenters. The van der Waals surface area contributed by atoms with E-state index >= 15 is 0 Å². The van der Waals surface area contributed by atoms with Crippen molar-refractivity contribution in [2.75, 3.05) is 11.9 Å². The van der Waals surface area contributed by atoms with E-state index in [1.165, 1.54) is 0 Å². The van der Waals surface area contributed by atoms with Crippen molar-refractivity contribution in [1.29, 1.82) is 0 Å². The first-order chi connectivity index (χ1) is 7.88. The molecule has 0 saturated carbocycles. The fourth-order valence-corrected chi connectivity index (χ4v) is 1.84. The Morgan fingerprint density at radius 1 is 1.24 bits per heavy atom. The van der Waals surface area contributed by atoms with Crippen molar-refractivity contribution < 1.29 is 0 Å². The van der Waals surface area contributed by atoms with Gasteiger partial charge in [0, 0.05) is 25.1 Å². The zero-order valence-corrected chi connectivity index (χ0v) is 12.3. The molecule has 1 rings (SSSR count). The molecule has 1 aromatic heterocycles. The van der Waals surface area contributed by atoms with Gasteiger partial charge in [0.15, 0.2) is 0 Å². The first-order valence-electron chi connectivity index (χ1n) is 6.14. The summed E-state index contributed by atoms with van der Waals surface area (Å²) >= 11 is 6.15. The molecule has 1 unspecified atom stereocenters. The van der Waals surface area contributed by atoms with Crippen LogP contribution < -0.4 is 4.90 Å². The van der Waals surface area contributed by atoms with Gasteiger partial charge < -0.3 is 4.90 Å². The van der Waals surface area contributed by atoms with Gasteiger partial charge in [0.25, 0.3) is 0 Å². The van der Waals surface area contributed by atoms with Crippen LogP contribution in [0.25, 0.3) is 0 Å². The predicted molar refractivity (Wildman–Crippen MR) is 73.9 cm³/mol. The number of aromatic nitrogens is 2. The summed E-state index contributed by atoms with van der Waals surface area (Å²) < 4.78 is 0. The third-order valence-corrected chi connectivity index (χ3v) is 3.70. The summed E-state index contributed by atoms with van der Waals surface area (Å²) in [6, 6.07) is 0.421. The van der Waals surface area contributed by atoms with E-state index in [0.29, 0.717) is 17.1 Å². The lowest BCUT2D eigenvalue weighted by Gasteiger charge is -2.30. The standard InChI is InChI=1S/C13H22ClN3/c1-7-11-15-12(14)9(4)13(16-11)17(6)10(5)8(2)3/h8,10H,7H2,1-6H3. The SMILES string of the molecule is CCc1nc(Cl)c(C)c(N(C)C(C)C(C)C)n1. The molecule has 4 heteroatoms. The third kappa shape index (κ3) is 3.09. The maximum atomic E-state index is 6.15. The van der Waals surface area contributed by atoms with Crippen LogP contribution in [-0.2, 0) is 6.42 Å². The van der Waals surface area contributed by atoms with Crippen molar-refractivity contribution in [1.82, 2.24) is 9.97 Å². The molecule has 0 amide bonds. The van der Waals surface area contributed by atoms with E-state index < -0.39 is 0 Å². The summed E-state index contributed by atoms with van der Waals surface area (Å²) in [5.74, 6) is 2.32. The van der Waals surface area contributed by atoms with Crippen LogP contribution in [0.3, 0.4) is 0 Å². The molecule has 0 spiro atoms. The zero-order chi connectivity index (χ0) is 13.2. The maximum Gasteiger partial charge on any atom is 0.137 e. The average Bonchev–Trinajstić information content (AvgIpc) is 2.30. The maximum absolute atomic E-state index is 6.15. The number of rotatable bonds is 4. The summed E-state index contributed by atoms with van der Waals surface area (Å²) in [7, 11) is 2.07. The van der Waals surface area contributed by atoms with E-state index in [-0.39, 0.29) is 0 Å². The Balaban J connectivity index is 3.16. The molecule has 0 radical (unpaired) electrons. The van der Waals surface area contributed by atoms with Gasteiger partial charge in [-0.25, -0.2) is 9.97 Å². The highest BCUT2D eigenvalue weighted by atomic mass is 35.5. The Bertz CT molecular complexity index is 390. The monoisotopic (exact) mass is 255 g/mol. The second-order valence-electron chi connectivity index (χ2n) is 4.83. The van der Waals surface area contributed by atoms with Crippen LogP contribution in [0.1, 0.15) is 39.1 Å². The first-order valence-corrected chi connectivity index (χ1v) is 6.52. The second kappa shape index (κ2) is 5.67. The molecule has 1 heterocycles. The number of halogens is 1. The van der Waals surface area contributed by atoms with Gasteiger partial charge in [0.1, 0.15) is 16.8 Å². The predicted octanol–water partition coefficient (Wildman–Crippen LogP) is 3.48. The van der Waals surface area contributed by atoms with Crippen molar-refractivity contribution in [2.24, 2.45) is 5.92 Å². The minimum absolute atomic E-state index is 0.421. The molecule has 0 saturated heterocycles. The van der Waals surface area contributed by atoms with E-state index in [1.54, 1.807) is 0 Å². The molecule has 0 N–H and O–H groups in total. The Labute approximate surface area is 109 Å². The Morgan fingerprint density at radius 3 is 2.29 bits per heavy atom. The molecule has 3 nitrogen and oxygen atoms in total. The molecule has 0 fully saturated rings. The van der Waals surface area contributed by atoms with Crippen molar-refractivity contribution in [3.8, 4) is 0 Å². The average molecular weight is 256 g/mol. The van der Waals surface area contributed by atoms with E-state index in [4.69, 9.17) is 11.6 Å². The van der Waals surface area contributed by atoms with Crippen LogP contribution in [0.5, 0.6) is 0 Å². The number of aryl methyl sites for hydroxylation is 1. The van der Waals surface area contributed by atoms with Crippen molar-refractivity contribution in [3.63, 3.8) is 0 Å². The quantitative estimate of drug-likeness (QED) is 0.772. The van der Waals surface area contributed by atoms with Crippen LogP contribution >= 0.6 is 11.6 Å². The van der Waals surface area contributed by atoms with Gasteiger partial charge >= 0.3 is 0 Å². The van der Waals surface area contributed by atoms with E-state index in [2.05, 4.69) is 42.7 Å². The molecule has 1 aromatic rings. The highest BCUT2D eigenvalue weighted by molar-refractivity contribution is 6.30. The second-order valence-corrected chi connectivity index (χ2v) is 5.19. The molecule has 0 aliphatic heterocycles. The topological polar surface area (TPSA) is 29.0 Å². The molecular formula is C13H22ClN3. The van der Waals surface area contributed by atoms with Gasteiger partial charge in [-0.2, -0.15) is 0 Å². The van der Waals surface area contributed by atoms with Gasteiger partial charge in [0.2, 0.25) is 0 Å². The summed E-state index contributed by atoms with van der Waals surface area (Å²) in [5.41, 5.74) is 0.957. The summed E-state index contributed by atoms with van der Waals surface area (Å²) in [6.07, 6.45) is 0.802. The summed E-state index contributed by atoms with van der Waals surface area (Å²) in [5, 5.41) is 0.564. The molecular weight excluding hydrogens is 234 g/mol. The highest BCUT2D eigenvalue weighted by Gasteiger charge is 2.19. The van der Waals surface area contributed by atoms with E-state index in [9.17, 15) is 0 Å². The van der Waals surface area contributed by atoms with E-state index in [0.717, 1.165) is 23.6 Å². The lowest BCUT2D eigenvalue weighted by Crippen LogP contribution is -2.34. The van der Waals surface area contributed by atoms with Crippen LogP contribution in [0.4, 0.5) is 5.82 Å². The van der Waals surface area contributed by atoms with Crippen molar-refractivity contribution in [3.05, 3.63) is 16.5 Å². The number of hydrogen-bond donors (Lipinski definition) is 0. The van der Waals surface area contributed by atoms with E-state index in [1.807, 2.05) is 13.8 Å².